The van der Waals surface area contributed by atoms with E-state index in [1.807, 2.05) is 17.9 Å². The summed E-state index contributed by atoms with van der Waals surface area (Å²) in [5.41, 5.74) is 1.35. The molecule has 0 aliphatic carbocycles. The lowest BCUT2D eigenvalue weighted by Gasteiger charge is -2.33. The van der Waals surface area contributed by atoms with E-state index in [1.165, 1.54) is 18.5 Å². The van der Waals surface area contributed by atoms with Crippen molar-refractivity contribution in [3.8, 4) is 0 Å². The van der Waals surface area contributed by atoms with Crippen molar-refractivity contribution in [2.45, 2.75) is 31.6 Å². The zero-order chi connectivity index (χ0) is 15.6. The van der Waals surface area contributed by atoms with Gasteiger partial charge in [-0.1, -0.05) is 0 Å². The number of aryl methyl sites for hydroxylation is 1. The van der Waals surface area contributed by atoms with Crippen molar-refractivity contribution in [1.29, 1.82) is 0 Å². The van der Waals surface area contributed by atoms with E-state index >= 15 is 0 Å². The van der Waals surface area contributed by atoms with Crippen LogP contribution in [0.1, 0.15) is 37.3 Å². The molecule has 2 aliphatic heterocycles. The summed E-state index contributed by atoms with van der Waals surface area (Å²) < 4.78 is 2.01. The first-order valence-electron chi connectivity index (χ1n) is 8.61. The quantitative estimate of drug-likeness (QED) is 0.869. The van der Waals surface area contributed by atoms with Crippen LogP contribution in [-0.4, -0.2) is 45.9 Å². The lowest BCUT2D eigenvalue weighted by Crippen LogP contribution is -2.34. The van der Waals surface area contributed by atoms with Crippen LogP contribution in [0.5, 0.6) is 0 Å². The fraction of sp³-hybridized carbons (Fsp3) is 0.588. The topological polar surface area (TPSA) is 50.1 Å². The van der Waals surface area contributed by atoms with E-state index in [0.29, 0.717) is 5.92 Å². The zero-order valence-electron chi connectivity index (χ0n) is 13.7. The van der Waals surface area contributed by atoms with Crippen LogP contribution in [0.4, 0.5) is 11.6 Å². The Labute approximate surface area is 137 Å². The first-order chi connectivity index (χ1) is 11.3. The van der Waals surface area contributed by atoms with E-state index in [9.17, 15) is 0 Å². The molecule has 23 heavy (non-hydrogen) atoms. The molecule has 0 amide bonds. The zero-order valence-corrected chi connectivity index (χ0v) is 13.7. The Hall–Kier alpha value is -2.11. The molecule has 6 heteroatoms. The van der Waals surface area contributed by atoms with Gasteiger partial charge in [-0.15, -0.1) is 0 Å². The van der Waals surface area contributed by atoms with Crippen molar-refractivity contribution in [2.75, 3.05) is 36.0 Å². The molecule has 0 saturated carbocycles. The highest BCUT2D eigenvalue weighted by Gasteiger charge is 2.24. The summed E-state index contributed by atoms with van der Waals surface area (Å²) in [5.74, 6) is 2.77. The normalized spacial score (nSPS) is 19.5. The van der Waals surface area contributed by atoms with Gasteiger partial charge >= 0.3 is 0 Å². The molecule has 0 bridgehead atoms. The van der Waals surface area contributed by atoms with Gasteiger partial charge in [0.05, 0.1) is 0 Å². The van der Waals surface area contributed by atoms with Crippen LogP contribution < -0.4 is 9.80 Å². The molecule has 0 unspecified atom stereocenters. The second-order valence-electron chi connectivity index (χ2n) is 6.57. The number of aromatic nitrogens is 4. The fourth-order valence-electron chi connectivity index (χ4n) is 3.82. The Kier molecular flexibility index (Phi) is 3.89. The summed E-state index contributed by atoms with van der Waals surface area (Å²) in [6, 6.07) is 4.31. The highest BCUT2D eigenvalue weighted by atomic mass is 15.3. The summed E-state index contributed by atoms with van der Waals surface area (Å²) in [4.78, 5) is 13.7. The summed E-state index contributed by atoms with van der Waals surface area (Å²) in [6.45, 7) is 4.34. The maximum Gasteiger partial charge on any atom is 0.134 e. The van der Waals surface area contributed by atoms with Gasteiger partial charge in [0.1, 0.15) is 18.0 Å². The molecule has 4 heterocycles. The number of piperidine rings is 1. The maximum absolute atomic E-state index is 4.51. The molecule has 0 N–H and O–H groups in total. The van der Waals surface area contributed by atoms with E-state index in [4.69, 9.17) is 0 Å². The van der Waals surface area contributed by atoms with Crippen LogP contribution in [-0.2, 0) is 7.05 Å². The van der Waals surface area contributed by atoms with Gasteiger partial charge in [-0.2, -0.15) is 5.10 Å². The van der Waals surface area contributed by atoms with Crippen molar-refractivity contribution in [1.82, 2.24) is 19.7 Å². The number of hydrogen-bond acceptors (Lipinski definition) is 5. The summed E-state index contributed by atoms with van der Waals surface area (Å²) in [7, 11) is 2.04. The van der Waals surface area contributed by atoms with Crippen LogP contribution in [0.25, 0.3) is 0 Å². The largest absolute Gasteiger partial charge is 0.356 e. The van der Waals surface area contributed by atoms with Crippen LogP contribution in [0, 0.1) is 0 Å². The van der Waals surface area contributed by atoms with Gasteiger partial charge in [0.25, 0.3) is 0 Å². The molecule has 2 aliphatic rings. The Morgan fingerprint density at radius 1 is 0.957 bits per heavy atom. The summed E-state index contributed by atoms with van der Waals surface area (Å²) in [5, 5.41) is 4.30. The van der Waals surface area contributed by atoms with Gasteiger partial charge in [-0.25, -0.2) is 9.97 Å². The highest BCUT2D eigenvalue weighted by molar-refractivity contribution is 5.50. The number of rotatable bonds is 3. The molecule has 2 aromatic heterocycles. The monoisotopic (exact) mass is 312 g/mol. The molecule has 0 atom stereocenters. The summed E-state index contributed by atoms with van der Waals surface area (Å²) in [6.07, 6.45) is 8.47. The van der Waals surface area contributed by atoms with E-state index in [-0.39, 0.29) is 0 Å². The van der Waals surface area contributed by atoms with Gasteiger partial charge < -0.3 is 9.80 Å². The first kappa shape index (κ1) is 14.5. The second-order valence-corrected chi connectivity index (χ2v) is 6.57. The SMILES string of the molecule is Cn1nccc1C1CCN(c2cc(N3CCCC3)ncn2)CC1. The Balaban J connectivity index is 1.44. The first-order valence-corrected chi connectivity index (χ1v) is 8.61. The van der Waals surface area contributed by atoms with Crippen molar-refractivity contribution < 1.29 is 0 Å². The lowest BCUT2D eigenvalue weighted by molar-refractivity contribution is 0.475. The van der Waals surface area contributed by atoms with Gasteiger partial charge in [0, 0.05) is 57.1 Å². The third-order valence-electron chi connectivity index (χ3n) is 5.16. The molecule has 4 rings (SSSR count). The van der Waals surface area contributed by atoms with Crippen molar-refractivity contribution in [3.63, 3.8) is 0 Å². The molecule has 6 nitrogen and oxygen atoms in total. The number of anilines is 2. The van der Waals surface area contributed by atoms with Gasteiger partial charge in [-0.05, 0) is 31.7 Å². The van der Waals surface area contributed by atoms with Crippen LogP contribution in [0.3, 0.4) is 0 Å². The van der Waals surface area contributed by atoms with Gasteiger partial charge in [0.2, 0.25) is 0 Å². The van der Waals surface area contributed by atoms with E-state index in [1.54, 1.807) is 6.33 Å². The standard InChI is InChI=1S/C17H24N6/c1-21-15(4-7-20-21)14-5-10-23(11-6-14)17-12-16(18-13-19-17)22-8-2-3-9-22/h4,7,12-14H,2-3,5-6,8-11H2,1H3. The molecule has 0 spiro atoms. The molecule has 2 fully saturated rings. The van der Waals surface area contributed by atoms with Crippen molar-refractivity contribution in [3.05, 3.63) is 30.4 Å². The summed E-state index contributed by atoms with van der Waals surface area (Å²) >= 11 is 0. The molecule has 122 valence electrons. The van der Waals surface area contributed by atoms with Crippen LogP contribution >= 0.6 is 0 Å². The highest BCUT2D eigenvalue weighted by Crippen LogP contribution is 2.30. The number of hydrogen-bond donors (Lipinski definition) is 0. The predicted octanol–water partition coefficient (Wildman–Crippen LogP) is 2.19. The van der Waals surface area contributed by atoms with Crippen LogP contribution in [0.2, 0.25) is 0 Å². The minimum absolute atomic E-state index is 0.610. The predicted molar refractivity (Wildman–Crippen MR) is 90.9 cm³/mol. The Morgan fingerprint density at radius 3 is 2.22 bits per heavy atom. The van der Waals surface area contributed by atoms with Crippen molar-refractivity contribution >= 4 is 11.6 Å². The van der Waals surface area contributed by atoms with E-state index in [0.717, 1.165) is 50.7 Å². The average Bonchev–Trinajstić information content (AvgIpc) is 3.27. The minimum Gasteiger partial charge on any atom is -0.356 e. The van der Waals surface area contributed by atoms with Gasteiger partial charge in [0.15, 0.2) is 0 Å². The van der Waals surface area contributed by atoms with Crippen molar-refractivity contribution in [2.24, 2.45) is 7.05 Å². The smallest absolute Gasteiger partial charge is 0.134 e. The molecular formula is C17H24N6. The minimum atomic E-state index is 0.610. The average molecular weight is 312 g/mol. The Bertz CT molecular complexity index is 653. The molecule has 2 aromatic rings. The molecule has 0 aromatic carbocycles. The third-order valence-corrected chi connectivity index (χ3v) is 5.16. The number of nitrogens with zero attached hydrogens (tertiary/aromatic N) is 6. The molecular weight excluding hydrogens is 288 g/mol. The fourth-order valence-corrected chi connectivity index (χ4v) is 3.82. The molecule has 0 radical (unpaired) electrons. The molecule has 2 saturated heterocycles. The second kappa shape index (κ2) is 6.18. The third kappa shape index (κ3) is 2.90. The lowest BCUT2D eigenvalue weighted by atomic mass is 9.93. The van der Waals surface area contributed by atoms with Crippen LogP contribution in [0.15, 0.2) is 24.7 Å². The van der Waals surface area contributed by atoms with Gasteiger partial charge in [-0.3, -0.25) is 4.68 Å². The van der Waals surface area contributed by atoms with E-state index < -0.39 is 0 Å². The maximum atomic E-state index is 4.51. The Morgan fingerprint density at radius 2 is 1.61 bits per heavy atom. The van der Waals surface area contributed by atoms with E-state index in [2.05, 4.69) is 37.0 Å².